The van der Waals surface area contributed by atoms with Gasteiger partial charge in [0.1, 0.15) is 0 Å². The van der Waals surface area contributed by atoms with Crippen molar-refractivity contribution in [2.75, 3.05) is 0 Å². The lowest BCUT2D eigenvalue weighted by Gasteiger charge is -2.42. The van der Waals surface area contributed by atoms with E-state index < -0.39 is 0 Å². The summed E-state index contributed by atoms with van der Waals surface area (Å²) in [7, 11) is 0. The number of nitrogens with two attached hydrogens (primary N) is 1. The lowest BCUT2D eigenvalue weighted by atomic mass is 9.65. The second-order valence-corrected chi connectivity index (χ2v) is 5.81. The van der Waals surface area contributed by atoms with Crippen molar-refractivity contribution in [1.29, 1.82) is 0 Å². The molecule has 0 saturated heterocycles. The van der Waals surface area contributed by atoms with E-state index in [1.54, 1.807) is 0 Å². The molecule has 14 heavy (non-hydrogen) atoms. The molecule has 0 aromatic rings. The van der Waals surface area contributed by atoms with Crippen LogP contribution in [0.25, 0.3) is 0 Å². The highest BCUT2D eigenvalue weighted by molar-refractivity contribution is 4.89. The Morgan fingerprint density at radius 3 is 2.36 bits per heavy atom. The van der Waals surface area contributed by atoms with Crippen LogP contribution >= 0.6 is 0 Å². The largest absolute Gasteiger partial charge is 0.327 e. The van der Waals surface area contributed by atoms with Crippen LogP contribution in [0, 0.1) is 17.3 Å². The fourth-order valence-electron chi connectivity index (χ4n) is 3.07. The van der Waals surface area contributed by atoms with Gasteiger partial charge in [-0.05, 0) is 36.5 Å². The monoisotopic (exact) mass is 197 g/mol. The molecule has 2 atom stereocenters. The molecule has 1 saturated carbocycles. The van der Waals surface area contributed by atoms with E-state index in [2.05, 4.69) is 27.7 Å². The van der Waals surface area contributed by atoms with Gasteiger partial charge in [0.25, 0.3) is 0 Å². The van der Waals surface area contributed by atoms with Gasteiger partial charge < -0.3 is 5.73 Å². The fourth-order valence-corrected chi connectivity index (χ4v) is 3.07. The molecule has 0 spiro atoms. The number of rotatable bonds is 3. The molecule has 0 heterocycles. The Balaban J connectivity index is 2.64. The van der Waals surface area contributed by atoms with Gasteiger partial charge in [-0.3, -0.25) is 0 Å². The van der Waals surface area contributed by atoms with E-state index in [1.807, 2.05) is 0 Å². The Bertz CT molecular complexity index is 170. The van der Waals surface area contributed by atoms with Crippen LogP contribution in [0.4, 0.5) is 0 Å². The number of hydrogen-bond acceptors (Lipinski definition) is 1. The van der Waals surface area contributed by atoms with Gasteiger partial charge in [-0.2, -0.15) is 0 Å². The van der Waals surface area contributed by atoms with Crippen molar-refractivity contribution < 1.29 is 0 Å². The van der Waals surface area contributed by atoms with Crippen molar-refractivity contribution in [2.45, 2.75) is 65.8 Å². The van der Waals surface area contributed by atoms with Crippen LogP contribution in [0.15, 0.2) is 0 Å². The van der Waals surface area contributed by atoms with E-state index in [0.717, 1.165) is 11.8 Å². The Morgan fingerprint density at radius 2 is 1.86 bits per heavy atom. The molecule has 84 valence electrons. The van der Waals surface area contributed by atoms with Crippen LogP contribution < -0.4 is 5.73 Å². The molecule has 0 aromatic heterocycles. The quantitative estimate of drug-likeness (QED) is 0.735. The van der Waals surface area contributed by atoms with Crippen molar-refractivity contribution in [2.24, 2.45) is 23.0 Å². The van der Waals surface area contributed by atoms with E-state index >= 15 is 0 Å². The average Bonchev–Trinajstić information content (AvgIpc) is 2.13. The molecule has 0 amide bonds. The zero-order chi connectivity index (χ0) is 10.8. The first-order valence-corrected chi connectivity index (χ1v) is 6.25. The predicted molar refractivity (Wildman–Crippen MR) is 63.2 cm³/mol. The molecule has 1 heteroatoms. The fraction of sp³-hybridized carbons (Fsp3) is 1.00. The van der Waals surface area contributed by atoms with Gasteiger partial charge in [-0.15, -0.1) is 0 Å². The van der Waals surface area contributed by atoms with Gasteiger partial charge in [0, 0.05) is 6.04 Å². The molecule has 0 radical (unpaired) electrons. The van der Waals surface area contributed by atoms with Crippen LogP contribution in [-0.4, -0.2) is 6.04 Å². The zero-order valence-electron chi connectivity index (χ0n) is 10.3. The minimum absolute atomic E-state index is 0.466. The van der Waals surface area contributed by atoms with Crippen LogP contribution in [0.5, 0.6) is 0 Å². The first-order chi connectivity index (χ1) is 6.50. The summed E-state index contributed by atoms with van der Waals surface area (Å²) in [5, 5.41) is 0. The zero-order valence-corrected chi connectivity index (χ0v) is 10.3. The van der Waals surface area contributed by atoms with Gasteiger partial charge in [0.2, 0.25) is 0 Å². The van der Waals surface area contributed by atoms with E-state index in [1.165, 1.54) is 32.1 Å². The Morgan fingerprint density at radius 1 is 1.29 bits per heavy atom. The molecule has 0 aliphatic heterocycles. The van der Waals surface area contributed by atoms with Crippen LogP contribution in [-0.2, 0) is 0 Å². The lowest BCUT2D eigenvalue weighted by molar-refractivity contribution is 0.108. The van der Waals surface area contributed by atoms with Crippen molar-refractivity contribution in [3.63, 3.8) is 0 Å². The summed E-state index contributed by atoms with van der Waals surface area (Å²) in [6, 6.07) is 0.466. The van der Waals surface area contributed by atoms with E-state index in [0.29, 0.717) is 11.5 Å². The Labute approximate surface area is 89.5 Å². The van der Waals surface area contributed by atoms with Gasteiger partial charge in [0.15, 0.2) is 0 Å². The summed E-state index contributed by atoms with van der Waals surface area (Å²) in [6.45, 7) is 9.41. The standard InChI is InChI=1S/C13H27N/c1-5-10(6-2)11-9-13(3,4)8-7-12(11)14/h10-12H,5-9,14H2,1-4H3. The Kier molecular flexibility index (Phi) is 4.00. The molecule has 2 N–H and O–H groups in total. The van der Waals surface area contributed by atoms with Crippen molar-refractivity contribution in [3.8, 4) is 0 Å². The van der Waals surface area contributed by atoms with E-state index in [9.17, 15) is 0 Å². The molecule has 0 aromatic carbocycles. The highest BCUT2D eigenvalue weighted by atomic mass is 14.7. The SMILES string of the molecule is CCC(CC)C1CC(C)(C)CCC1N. The van der Waals surface area contributed by atoms with Crippen LogP contribution in [0.1, 0.15) is 59.8 Å². The third-order valence-corrected chi connectivity index (χ3v) is 4.15. The lowest BCUT2D eigenvalue weighted by Crippen LogP contribution is -2.42. The molecule has 1 fully saturated rings. The van der Waals surface area contributed by atoms with Crippen molar-refractivity contribution >= 4 is 0 Å². The number of hydrogen-bond donors (Lipinski definition) is 1. The third-order valence-electron chi connectivity index (χ3n) is 4.15. The molecular formula is C13H27N. The van der Waals surface area contributed by atoms with Crippen molar-refractivity contribution in [3.05, 3.63) is 0 Å². The highest BCUT2D eigenvalue weighted by Crippen LogP contribution is 2.42. The summed E-state index contributed by atoms with van der Waals surface area (Å²) in [5.74, 6) is 1.62. The van der Waals surface area contributed by atoms with Crippen LogP contribution in [0.2, 0.25) is 0 Å². The maximum atomic E-state index is 6.25. The summed E-state index contributed by atoms with van der Waals surface area (Å²) in [5.41, 5.74) is 6.78. The molecule has 1 aliphatic carbocycles. The maximum absolute atomic E-state index is 6.25. The molecular weight excluding hydrogens is 170 g/mol. The molecule has 1 aliphatic rings. The second kappa shape index (κ2) is 4.65. The summed E-state index contributed by atoms with van der Waals surface area (Å²) >= 11 is 0. The third kappa shape index (κ3) is 2.73. The smallest absolute Gasteiger partial charge is 0.00702 e. The minimum atomic E-state index is 0.466. The van der Waals surface area contributed by atoms with E-state index in [-0.39, 0.29) is 0 Å². The predicted octanol–water partition coefficient (Wildman–Crippen LogP) is 3.58. The van der Waals surface area contributed by atoms with Gasteiger partial charge >= 0.3 is 0 Å². The first-order valence-electron chi connectivity index (χ1n) is 6.25. The van der Waals surface area contributed by atoms with E-state index in [4.69, 9.17) is 5.73 Å². The van der Waals surface area contributed by atoms with Crippen molar-refractivity contribution in [1.82, 2.24) is 0 Å². The highest BCUT2D eigenvalue weighted by Gasteiger charge is 2.35. The molecule has 1 nitrogen and oxygen atoms in total. The average molecular weight is 197 g/mol. The van der Waals surface area contributed by atoms with Gasteiger partial charge in [0.05, 0.1) is 0 Å². The molecule has 1 rings (SSSR count). The Hall–Kier alpha value is -0.0400. The minimum Gasteiger partial charge on any atom is -0.327 e. The topological polar surface area (TPSA) is 26.0 Å². The summed E-state index contributed by atoms with van der Waals surface area (Å²) < 4.78 is 0. The normalized spacial score (nSPS) is 32.1. The maximum Gasteiger partial charge on any atom is 0.00702 e. The first kappa shape index (κ1) is 12.0. The molecule has 2 unspecified atom stereocenters. The summed E-state index contributed by atoms with van der Waals surface area (Å²) in [6.07, 6.45) is 6.47. The van der Waals surface area contributed by atoms with Gasteiger partial charge in [-0.25, -0.2) is 0 Å². The van der Waals surface area contributed by atoms with Crippen LogP contribution in [0.3, 0.4) is 0 Å². The summed E-state index contributed by atoms with van der Waals surface area (Å²) in [4.78, 5) is 0. The second-order valence-electron chi connectivity index (χ2n) is 5.81. The van der Waals surface area contributed by atoms with Gasteiger partial charge in [-0.1, -0.05) is 40.5 Å². The molecule has 0 bridgehead atoms.